The van der Waals surface area contributed by atoms with Crippen LogP contribution in [0.1, 0.15) is 45.4 Å². The van der Waals surface area contributed by atoms with Gasteiger partial charge in [0.25, 0.3) is 0 Å². The standard InChI is InChI=1S/C15H27NOS/c1-12-3-5-13(6-4-12)14-15(17-9-8-16-14)7-2-10-18-11-15/h12-14,16H,2-11H2,1H3. The second-order valence-corrected chi connectivity index (χ2v) is 7.63. The summed E-state index contributed by atoms with van der Waals surface area (Å²) < 4.78 is 6.32. The van der Waals surface area contributed by atoms with Gasteiger partial charge < -0.3 is 10.1 Å². The molecule has 1 N–H and O–H groups in total. The number of rotatable bonds is 1. The summed E-state index contributed by atoms with van der Waals surface area (Å²) in [5.74, 6) is 4.36. The molecule has 18 heavy (non-hydrogen) atoms. The van der Waals surface area contributed by atoms with Gasteiger partial charge in [0.15, 0.2) is 0 Å². The van der Waals surface area contributed by atoms with Gasteiger partial charge in [0.2, 0.25) is 0 Å². The van der Waals surface area contributed by atoms with Gasteiger partial charge >= 0.3 is 0 Å². The van der Waals surface area contributed by atoms with Gasteiger partial charge in [0, 0.05) is 18.3 Å². The fraction of sp³-hybridized carbons (Fsp3) is 1.00. The first-order chi connectivity index (χ1) is 8.80. The van der Waals surface area contributed by atoms with Crippen molar-refractivity contribution >= 4 is 11.8 Å². The van der Waals surface area contributed by atoms with Gasteiger partial charge in [-0.15, -0.1) is 0 Å². The first kappa shape index (κ1) is 13.3. The van der Waals surface area contributed by atoms with Crippen LogP contribution in [-0.4, -0.2) is 36.3 Å². The Morgan fingerprint density at radius 3 is 2.78 bits per heavy atom. The van der Waals surface area contributed by atoms with Crippen molar-refractivity contribution in [1.29, 1.82) is 0 Å². The number of morpholine rings is 1. The van der Waals surface area contributed by atoms with Crippen molar-refractivity contribution in [1.82, 2.24) is 5.32 Å². The van der Waals surface area contributed by atoms with Gasteiger partial charge in [-0.2, -0.15) is 11.8 Å². The maximum absolute atomic E-state index is 6.32. The van der Waals surface area contributed by atoms with E-state index in [1.54, 1.807) is 0 Å². The Kier molecular flexibility index (Phi) is 4.21. The highest BCUT2D eigenvalue weighted by atomic mass is 32.2. The Balaban J connectivity index is 1.71. The van der Waals surface area contributed by atoms with Gasteiger partial charge in [0.05, 0.1) is 12.2 Å². The lowest BCUT2D eigenvalue weighted by Crippen LogP contribution is -2.63. The lowest BCUT2D eigenvalue weighted by atomic mass is 9.72. The van der Waals surface area contributed by atoms with E-state index in [0.717, 1.165) is 25.0 Å². The van der Waals surface area contributed by atoms with Gasteiger partial charge in [0.1, 0.15) is 0 Å². The lowest BCUT2D eigenvalue weighted by Gasteiger charge is -2.50. The zero-order chi connectivity index (χ0) is 12.4. The molecule has 2 heterocycles. The molecule has 1 aliphatic carbocycles. The SMILES string of the molecule is CC1CCC(C2NCCOC23CCCSC3)CC1. The van der Waals surface area contributed by atoms with Crippen LogP contribution in [0.15, 0.2) is 0 Å². The molecule has 1 saturated carbocycles. The topological polar surface area (TPSA) is 21.3 Å². The van der Waals surface area contributed by atoms with Crippen molar-refractivity contribution < 1.29 is 4.74 Å². The summed E-state index contributed by atoms with van der Waals surface area (Å²) in [4.78, 5) is 0. The van der Waals surface area contributed by atoms with Crippen LogP contribution in [0.3, 0.4) is 0 Å². The molecule has 2 nitrogen and oxygen atoms in total. The predicted molar refractivity (Wildman–Crippen MR) is 78.2 cm³/mol. The molecule has 3 aliphatic rings. The van der Waals surface area contributed by atoms with E-state index in [2.05, 4.69) is 24.0 Å². The third-order valence-electron chi connectivity index (χ3n) is 5.19. The van der Waals surface area contributed by atoms with Crippen molar-refractivity contribution in [2.75, 3.05) is 24.7 Å². The number of thioether (sulfide) groups is 1. The summed E-state index contributed by atoms with van der Waals surface area (Å²) in [5.41, 5.74) is 0.173. The van der Waals surface area contributed by atoms with Gasteiger partial charge in [-0.3, -0.25) is 0 Å². The van der Waals surface area contributed by atoms with Crippen molar-refractivity contribution in [3.8, 4) is 0 Å². The quantitative estimate of drug-likeness (QED) is 0.790. The second kappa shape index (κ2) is 5.72. The molecule has 0 radical (unpaired) electrons. The molecule has 2 unspecified atom stereocenters. The highest BCUT2D eigenvalue weighted by Gasteiger charge is 2.46. The molecule has 3 heteroatoms. The minimum absolute atomic E-state index is 0.173. The van der Waals surface area contributed by atoms with Crippen LogP contribution in [0.2, 0.25) is 0 Å². The van der Waals surface area contributed by atoms with E-state index in [0.29, 0.717) is 6.04 Å². The highest BCUT2D eigenvalue weighted by Crippen LogP contribution is 2.41. The van der Waals surface area contributed by atoms with E-state index in [-0.39, 0.29) is 5.60 Å². The van der Waals surface area contributed by atoms with E-state index in [1.165, 1.54) is 50.0 Å². The average Bonchev–Trinajstić information content (AvgIpc) is 2.42. The lowest BCUT2D eigenvalue weighted by molar-refractivity contribution is -0.106. The third-order valence-corrected chi connectivity index (χ3v) is 6.46. The van der Waals surface area contributed by atoms with Crippen LogP contribution >= 0.6 is 11.8 Å². The monoisotopic (exact) mass is 269 g/mol. The molecule has 0 amide bonds. The molecule has 0 aromatic carbocycles. The molecule has 2 aliphatic heterocycles. The normalized spacial score (nSPS) is 46.2. The summed E-state index contributed by atoms with van der Waals surface area (Å²) in [5, 5.41) is 3.83. The molecule has 0 aromatic rings. The van der Waals surface area contributed by atoms with Crippen LogP contribution in [-0.2, 0) is 4.74 Å². The van der Waals surface area contributed by atoms with Gasteiger partial charge in [-0.05, 0) is 43.3 Å². The third kappa shape index (κ3) is 2.59. The second-order valence-electron chi connectivity index (χ2n) is 6.52. The minimum Gasteiger partial charge on any atom is -0.371 e. The Morgan fingerprint density at radius 2 is 2.06 bits per heavy atom. The maximum Gasteiger partial charge on any atom is 0.0928 e. The highest BCUT2D eigenvalue weighted by molar-refractivity contribution is 7.99. The van der Waals surface area contributed by atoms with E-state index in [4.69, 9.17) is 4.74 Å². The molecule has 0 aromatic heterocycles. The smallest absolute Gasteiger partial charge is 0.0928 e. The zero-order valence-corrected chi connectivity index (χ0v) is 12.4. The van der Waals surface area contributed by atoms with Crippen LogP contribution in [0.25, 0.3) is 0 Å². The number of ether oxygens (including phenoxy) is 1. The Labute approximate surface area is 116 Å². The van der Waals surface area contributed by atoms with Crippen molar-refractivity contribution in [2.24, 2.45) is 11.8 Å². The largest absolute Gasteiger partial charge is 0.371 e. The molecule has 3 rings (SSSR count). The Hall–Kier alpha value is 0.270. The maximum atomic E-state index is 6.32. The van der Waals surface area contributed by atoms with E-state index >= 15 is 0 Å². The fourth-order valence-corrected chi connectivity index (χ4v) is 5.36. The summed E-state index contributed by atoms with van der Waals surface area (Å²) in [7, 11) is 0. The fourth-order valence-electron chi connectivity index (χ4n) is 4.11. The number of nitrogens with one attached hydrogen (secondary N) is 1. The predicted octanol–water partition coefficient (Wildman–Crippen LogP) is 3.07. The molecule has 104 valence electrons. The minimum atomic E-state index is 0.173. The molecular formula is C15H27NOS. The summed E-state index contributed by atoms with van der Waals surface area (Å²) in [6, 6.07) is 0.631. The molecule has 3 fully saturated rings. The summed E-state index contributed by atoms with van der Waals surface area (Å²) in [6.07, 6.45) is 8.29. The number of hydrogen-bond acceptors (Lipinski definition) is 3. The van der Waals surface area contributed by atoms with Gasteiger partial charge in [-0.25, -0.2) is 0 Å². The first-order valence-corrected chi connectivity index (χ1v) is 8.91. The van der Waals surface area contributed by atoms with Crippen molar-refractivity contribution in [3.05, 3.63) is 0 Å². The van der Waals surface area contributed by atoms with Gasteiger partial charge in [-0.1, -0.05) is 19.8 Å². The van der Waals surface area contributed by atoms with Crippen molar-refractivity contribution in [2.45, 2.75) is 57.1 Å². The Morgan fingerprint density at radius 1 is 1.22 bits per heavy atom. The van der Waals surface area contributed by atoms with E-state index in [9.17, 15) is 0 Å². The van der Waals surface area contributed by atoms with Crippen LogP contribution in [0.5, 0.6) is 0 Å². The summed E-state index contributed by atoms with van der Waals surface area (Å²) in [6.45, 7) is 4.39. The summed E-state index contributed by atoms with van der Waals surface area (Å²) >= 11 is 2.10. The molecule has 0 bridgehead atoms. The van der Waals surface area contributed by atoms with Crippen LogP contribution in [0, 0.1) is 11.8 Å². The molecule has 2 saturated heterocycles. The molecule has 1 spiro atoms. The van der Waals surface area contributed by atoms with E-state index < -0.39 is 0 Å². The van der Waals surface area contributed by atoms with Crippen molar-refractivity contribution in [3.63, 3.8) is 0 Å². The first-order valence-electron chi connectivity index (χ1n) is 7.75. The molecular weight excluding hydrogens is 242 g/mol. The number of hydrogen-bond donors (Lipinski definition) is 1. The van der Waals surface area contributed by atoms with Crippen LogP contribution in [0.4, 0.5) is 0 Å². The van der Waals surface area contributed by atoms with E-state index in [1.807, 2.05) is 0 Å². The Bertz CT molecular complexity index is 261. The van der Waals surface area contributed by atoms with Crippen LogP contribution < -0.4 is 5.32 Å². The zero-order valence-electron chi connectivity index (χ0n) is 11.6. The molecule has 2 atom stereocenters. The average molecular weight is 269 g/mol.